The summed E-state index contributed by atoms with van der Waals surface area (Å²) in [6.07, 6.45) is 0. The summed E-state index contributed by atoms with van der Waals surface area (Å²) in [7, 11) is 1.24. The summed E-state index contributed by atoms with van der Waals surface area (Å²) in [6, 6.07) is 2.89. The highest BCUT2D eigenvalue weighted by Gasteiger charge is 2.09. The highest BCUT2D eigenvalue weighted by molar-refractivity contribution is 5.89. The second-order valence-electron chi connectivity index (χ2n) is 2.63. The van der Waals surface area contributed by atoms with E-state index in [1.807, 2.05) is 0 Å². The molecule has 0 aliphatic heterocycles. The van der Waals surface area contributed by atoms with E-state index in [0.717, 1.165) is 0 Å². The molecule has 0 atom stereocenters. The van der Waals surface area contributed by atoms with Crippen LogP contribution in [0.25, 0.3) is 0 Å². The molecule has 5 nitrogen and oxygen atoms in total. The molecule has 0 saturated heterocycles. The molecule has 16 heavy (non-hydrogen) atoms. The molecular formula is C11H10O5. The smallest absolute Gasteiger partial charge is 0.384 e. The zero-order valence-electron chi connectivity index (χ0n) is 8.90. The van der Waals surface area contributed by atoms with Gasteiger partial charge in [-0.1, -0.05) is 0 Å². The Hall–Kier alpha value is -2.22. The maximum absolute atomic E-state index is 11.0. The predicted octanol–water partition coefficient (Wildman–Crippen LogP) is 0.981. The van der Waals surface area contributed by atoms with Crippen molar-refractivity contribution in [2.75, 3.05) is 13.7 Å². The van der Waals surface area contributed by atoms with Gasteiger partial charge >= 0.3 is 11.9 Å². The van der Waals surface area contributed by atoms with Gasteiger partial charge in [0.25, 0.3) is 0 Å². The van der Waals surface area contributed by atoms with Crippen LogP contribution in [-0.4, -0.2) is 25.7 Å². The lowest BCUT2D eigenvalue weighted by molar-refractivity contribution is -0.136. The number of esters is 2. The normalized spacial score (nSPS) is 8.88. The lowest BCUT2D eigenvalue weighted by Gasteiger charge is -1.91. The van der Waals surface area contributed by atoms with Gasteiger partial charge < -0.3 is 13.9 Å². The van der Waals surface area contributed by atoms with Gasteiger partial charge in [-0.2, -0.15) is 0 Å². The van der Waals surface area contributed by atoms with Crippen LogP contribution in [0, 0.1) is 11.8 Å². The maximum atomic E-state index is 11.0. The third-order valence-corrected chi connectivity index (χ3v) is 1.56. The molecule has 1 aromatic heterocycles. The van der Waals surface area contributed by atoms with Crippen LogP contribution < -0.4 is 0 Å². The topological polar surface area (TPSA) is 65.7 Å². The van der Waals surface area contributed by atoms with E-state index >= 15 is 0 Å². The fourth-order valence-corrected chi connectivity index (χ4v) is 0.895. The summed E-state index contributed by atoms with van der Waals surface area (Å²) in [4.78, 5) is 21.9. The zero-order chi connectivity index (χ0) is 12.0. The molecule has 0 saturated carbocycles. The Morgan fingerprint density at radius 1 is 1.44 bits per heavy atom. The molecule has 0 aliphatic carbocycles. The van der Waals surface area contributed by atoms with E-state index in [-0.39, 0.29) is 18.1 Å². The van der Waals surface area contributed by atoms with Gasteiger partial charge in [0.1, 0.15) is 0 Å². The Bertz CT molecular complexity index is 446. The number of carbonyl (C=O) groups excluding carboxylic acids is 2. The first-order valence-corrected chi connectivity index (χ1v) is 4.54. The predicted molar refractivity (Wildman–Crippen MR) is 53.6 cm³/mol. The van der Waals surface area contributed by atoms with Crippen molar-refractivity contribution in [3.63, 3.8) is 0 Å². The number of rotatable bonds is 2. The van der Waals surface area contributed by atoms with Gasteiger partial charge in [0.05, 0.1) is 13.7 Å². The van der Waals surface area contributed by atoms with Gasteiger partial charge in [0, 0.05) is 5.92 Å². The van der Waals surface area contributed by atoms with E-state index in [9.17, 15) is 9.59 Å². The molecule has 1 aromatic rings. The van der Waals surface area contributed by atoms with Crippen molar-refractivity contribution in [3.8, 4) is 11.8 Å². The second kappa shape index (κ2) is 5.61. The standard InChI is InChI=1S/C11H10O5/c1-3-15-10(12)7-5-8-4-6-9(16-8)11(13)14-2/h4,6H,3H2,1-2H3. The van der Waals surface area contributed by atoms with Gasteiger partial charge in [0.15, 0.2) is 5.76 Å². The summed E-state index contributed by atoms with van der Waals surface area (Å²) in [5.41, 5.74) is 0. The largest absolute Gasteiger partial charge is 0.463 e. The quantitative estimate of drug-likeness (QED) is 0.551. The molecule has 0 radical (unpaired) electrons. The first-order chi connectivity index (χ1) is 7.67. The molecule has 0 N–H and O–H groups in total. The van der Waals surface area contributed by atoms with Crippen LogP contribution in [0.5, 0.6) is 0 Å². The fourth-order valence-electron chi connectivity index (χ4n) is 0.895. The molecular weight excluding hydrogens is 212 g/mol. The monoisotopic (exact) mass is 222 g/mol. The summed E-state index contributed by atoms with van der Waals surface area (Å²) in [5, 5.41) is 0. The summed E-state index contributed by atoms with van der Waals surface area (Å²) >= 11 is 0. The lowest BCUT2D eigenvalue weighted by atomic mass is 10.4. The van der Waals surface area contributed by atoms with E-state index in [2.05, 4.69) is 21.3 Å². The molecule has 0 bridgehead atoms. The average molecular weight is 222 g/mol. The molecule has 5 heteroatoms. The van der Waals surface area contributed by atoms with Crippen molar-refractivity contribution >= 4 is 11.9 Å². The molecule has 0 fully saturated rings. The Morgan fingerprint density at radius 3 is 2.81 bits per heavy atom. The number of carbonyl (C=O) groups is 2. The number of furan rings is 1. The van der Waals surface area contributed by atoms with Crippen molar-refractivity contribution in [2.45, 2.75) is 6.92 Å². The Morgan fingerprint density at radius 2 is 2.19 bits per heavy atom. The van der Waals surface area contributed by atoms with Crippen LogP contribution in [0.1, 0.15) is 23.2 Å². The number of ether oxygens (including phenoxy) is 2. The molecule has 1 rings (SSSR count). The number of hydrogen-bond donors (Lipinski definition) is 0. The first-order valence-electron chi connectivity index (χ1n) is 4.54. The Labute approximate surface area is 92.3 Å². The minimum Gasteiger partial charge on any atom is -0.463 e. The first kappa shape index (κ1) is 11.9. The van der Waals surface area contributed by atoms with E-state index in [1.54, 1.807) is 6.92 Å². The second-order valence-corrected chi connectivity index (χ2v) is 2.63. The average Bonchev–Trinajstić information content (AvgIpc) is 2.74. The number of hydrogen-bond acceptors (Lipinski definition) is 5. The Balaban J connectivity index is 2.72. The molecule has 84 valence electrons. The highest BCUT2D eigenvalue weighted by atomic mass is 16.5. The van der Waals surface area contributed by atoms with Gasteiger partial charge in [-0.05, 0) is 25.0 Å². The van der Waals surface area contributed by atoms with Crippen molar-refractivity contribution in [1.82, 2.24) is 0 Å². The van der Waals surface area contributed by atoms with E-state index in [0.29, 0.717) is 0 Å². The van der Waals surface area contributed by atoms with E-state index < -0.39 is 11.9 Å². The minimum atomic E-state index is -0.640. The summed E-state index contributed by atoms with van der Waals surface area (Å²) in [5.74, 6) is 3.65. The van der Waals surface area contributed by atoms with Crippen LogP contribution in [0.2, 0.25) is 0 Å². The van der Waals surface area contributed by atoms with Crippen molar-refractivity contribution in [3.05, 3.63) is 23.7 Å². The molecule has 0 aromatic carbocycles. The molecule has 0 amide bonds. The van der Waals surface area contributed by atoms with Crippen LogP contribution >= 0.6 is 0 Å². The minimum absolute atomic E-state index is 0.0376. The van der Waals surface area contributed by atoms with Crippen LogP contribution in [0.15, 0.2) is 16.5 Å². The van der Waals surface area contributed by atoms with Crippen molar-refractivity contribution in [2.24, 2.45) is 0 Å². The van der Waals surface area contributed by atoms with Crippen LogP contribution in [0.4, 0.5) is 0 Å². The van der Waals surface area contributed by atoms with Gasteiger partial charge in [-0.25, -0.2) is 9.59 Å². The summed E-state index contributed by atoms with van der Waals surface area (Å²) < 4.78 is 14.0. The van der Waals surface area contributed by atoms with Crippen molar-refractivity contribution < 1.29 is 23.5 Å². The fraction of sp³-hybridized carbons (Fsp3) is 0.273. The maximum Gasteiger partial charge on any atom is 0.384 e. The Kier molecular flexibility index (Phi) is 4.16. The lowest BCUT2D eigenvalue weighted by Crippen LogP contribution is -1.99. The summed E-state index contributed by atoms with van der Waals surface area (Å²) in [6.45, 7) is 1.95. The number of methoxy groups -OCH3 is 1. The molecule has 0 spiro atoms. The third-order valence-electron chi connectivity index (χ3n) is 1.56. The van der Waals surface area contributed by atoms with E-state index in [1.165, 1.54) is 19.2 Å². The third kappa shape index (κ3) is 3.17. The molecule has 0 aliphatic rings. The van der Waals surface area contributed by atoms with Crippen molar-refractivity contribution in [1.29, 1.82) is 0 Å². The molecule has 1 heterocycles. The van der Waals surface area contributed by atoms with Gasteiger partial charge in [-0.3, -0.25) is 0 Å². The van der Waals surface area contributed by atoms with E-state index in [4.69, 9.17) is 4.42 Å². The molecule has 0 unspecified atom stereocenters. The SMILES string of the molecule is CCOC(=O)C#Cc1ccc(C(=O)OC)o1. The van der Waals surface area contributed by atoms with Gasteiger partial charge in [0.2, 0.25) is 5.76 Å². The van der Waals surface area contributed by atoms with Gasteiger partial charge in [-0.15, -0.1) is 0 Å². The zero-order valence-corrected chi connectivity index (χ0v) is 8.90. The van der Waals surface area contributed by atoms with Crippen LogP contribution in [-0.2, 0) is 14.3 Å². The van der Waals surface area contributed by atoms with Crippen LogP contribution in [0.3, 0.4) is 0 Å². The highest BCUT2D eigenvalue weighted by Crippen LogP contribution is 2.07.